The van der Waals surface area contributed by atoms with Gasteiger partial charge in [0.05, 0.1) is 36.7 Å². The maximum atomic E-state index is 12.9. The lowest BCUT2D eigenvalue weighted by atomic mass is 9.81. The van der Waals surface area contributed by atoms with Crippen LogP contribution in [0.5, 0.6) is 0 Å². The number of rotatable bonds is 7. The third-order valence-electron chi connectivity index (χ3n) is 9.84. The summed E-state index contributed by atoms with van der Waals surface area (Å²) >= 11 is 0. The van der Waals surface area contributed by atoms with Crippen LogP contribution in [0.2, 0.25) is 18.6 Å². The van der Waals surface area contributed by atoms with Gasteiger partial charge in [-0.3, -0.25) is 19.3 Å². The predicted octanol–water partition coefficient (Wildman–Crippen LogP) is 3.59. The Morgan fingerprint density at radius 3 is 2.54 bits per heavy atom. The number of nitrogens with one attached hydrogen (secondary N) is 2. The van der Waals surface area contributed by atoms with E-state index >= 15 is 0 Å². The maximum Gasteiger partial charge on any atom is 0.240 e. The Labute approximate surface area is 220 Å². The van der Waals surface area contributed by atoms with E-state index in [0.29, 0.717) is 30.5 Å². The van der Waals surface area contributed by atoms with E-state index in [0.717, 1.165) is 42.5 Å². The first-order valence-electron chi connectivity index (χ1n) is 13.9. The topological polar surface area (TPSA) is 97.0 Å². The summed E-state index contributed by atoms with van der Waals surface area (Å²) in [6.07, 6.45) is 3.99. The zero-order valence-corrected chi connectivity index (χ0v) is 23.3. The van der Waals surface area contributed by atoms with Crippen molar-refractivity contribution in [2.45, 2.75) is 83.0 Å². The Balaban J connectivity index is 1.06. The van der Waals surface area contributed by atoms with Crippen LogP contribution < -0.4 is 10.6 Å². The van der Waals surface area contributed by atoms with Gasteiger partial charge in [-0.05, 0) is 67.4 Å². The predicted molar refractivity (Wildman–Crippen MR) is 141 cm³/mol. The average Bonchev–Trinajstić information content (AvgIpc) is 3.55. The Bertz CT molecular complexity index is 1100. The summed E-state index contributed by atoms with van der Waals surface area (Å²) in [5.74, 6) is -0.279. The molecule has 2 saturated heterocycles. The number of amides is 3. The summed E-state index contributed by atoms with van der Waals surface area (Å²) in [7, 11) is -1.78. The molecule has 200 valence electrons. The normalized spacial score (nSPS) is 34.0. The number of imide groups is 1. The number of ether oxygens (including phenoxy) is 1. The summed E-state index contributed by atoms with van der Waals surface area (Å²) in [4.78, 5) is 39.7. The fraction of sp³-hybridized carbons (Fsp3) is 0.679. The first-order valence-corrected chi connectivity index (χ1v) is 16.9. The Kier molecular flexibility index (Phi) is 6.23. The summed E-state index contributed by atoms with van der Waals surface area (Å²) in [6.45, 7) is 9.75. The second-order valence-electron chi connectivity index (χ2n) is 12.6. The number of carbonyl (C=O) groups excluding carboxylic acids is 3. The minimum atomic E-state index is -1.78. The van der Waals surface area contributed by atoms with Gasteiger partial charge in [-0.25, -0.2) is 0 Å². The van der Waals surface area contributed by atoms with Crippen molar-refractivity contribution in [3.8, 4) is 0 Å². The van der Waals surface area contributed by atoms with Gasteiger partial charge in [0, 0.05) is 24.2 Å². The van der Waals surface area contributed by atoms with Gasteiger partial charge in [0.15, 0.2) is 8.32 Å². The van der Waals surface area contributed by atoms with Crippen LogP contribution >= 0.6 is 0 Å². The summed E-state index contributed by atoms with van der Waals surface area (Å²) in [6, 6.07) is 6.38. The number of likely N-dealkylation sites (tertiary alicyclic amines) is 1. The monoisotopic (exact) mass is 525 g/mol. The molecule has 4 fully saturated rings. The highest BCUT2D eigenvalue weighted by Crippen LogP contribution is 2.56. The van der Waals surface area contributed by atoms with E-state index in [9.17, 15) is 14.4 Å². The van der Waals surface area contributed by atoms with Gasteiger partial charge in [0.25, 0.3) is 0 Å². The van der Waals surface area contributed by atoms with Crippen LogP contribution in [0, 0.1) is 23.7 Å². The molecule has 3 amide bonds. The smallest absolute Gasteiger partial charge is 0.240 e. The Morgan fingerprint density at radius 2 is 1.86 bits per heavy atom. The van der Waals surface area contributed by atoms with E-state index in [1.54, 1.807) is 0 Å². The highest BCUT2D eigenvalue weighted by atomic mass is 28.4. The molecule has 2 saturated carbocycles. The quantitative estimate of drug-likeness (QED) is 0.417. The van der Waals surface area contributed by atoms with Crippen LogP contribution in [0.4, 0.5) is 5.69 Å². The molecule has 1 aromatic rings. The SMILES string of the molecule is CC(C)[Si](C)(C)O[C@@H]1CO[C@@H]2C[C@H]1Nc1ccc(CNC(=O)CN3C(=O)C4C5CCC(C5)C4C3=O)cc12. The van der Waals surface area contributed by atoms with E-state index in [2.05, 4.69) is 49.7 Å². The number of nitrogens with zero attached hydrogens (tertiary/aromatic N) is 1. The first kappa shape index (κ1) is 25.1. The molecule has 5 aliphatic rings. The zero-order chi connectivity index (χ0) is 26.1. The summed E-state index contributed by atoms with van der Waals surface area (Å²) in [5.41, 5.74) is 3.67. The molecular formula is C28H39N3O5Si. The number of hydrogen-bond acceptors (Lipinski definition) is 6. The molecule has 0 radical (unpaired) electrons. The largest absolute Gasteiger partial charge is 0.410 e. The number of fused-ring (bicyclic) bond motifs is 9. The van der Waals surface area contributed by atoms with Crippen LogP contribution in [0.3, 0.4) is 0 Å². The lowest BCUT2D eigenvalue weighted by Gasteiger charge is -2.45. The van der Waals surface area contributed by atoms with Gasteiger partial charge >= 0.3 is 0 Å². The molecule has 1 aromatic carbocycles. The molecule has 0 aromatic heterocycles. The lowest BCUT2D eigenvalue weighted by molar-refractivity contribution is -0.144. The average molecular weight is 526 g/mol. The van der Waals surface area contributed by atoms with Crippen molar-refractivity contribution in [1.82, 2.24) is 10.2 Å². The number of hydrogen-bond donors (Lipinski definition) is 2. The molecule has 8 nitrogen and oxygen atoms in total. The molecule has 4 bridgehead atoms. The standard InChI is InChI=1S/C28H39N3O5Si/c1-15(2)37(3,4)36-23-14-35-22-11-21(23)30-20-8-5-16(9-19(20)22)12-29-24(32)13-31-27(33)25-17-6-7-18(10-17)26(25)28(31)34/h5,8-9,15,17-18,21-23,25-26,30H,6-7,10-14H2,1-4H3,(H,29,32)/t17?,18?,21-,22-,23-,25?,26?/m1/s1. The molecule has 3 heterocycles. The molecule has 2 aliphatic carbocycles. The molecule has 9 heteroatoms. The highest BCUT2D eigenvalue weighted by molar-refractivity contribution is 6.72. The van der Waals surface area contributed by atoms with Crippen molar-refractivity contribution in [3.63, 3.8) is 0 Å². The van der Waals surface area contributed by atoms with Crippen LogP contribution in [-0.2, 0) is 30.1 Å². The van der Waals surface area contributed by atoms with Crippen molar-refractivity contribution in [2.24, 2.45) is 23.7 Å². The third kappa shape index (κ3) is 4.32. The summed E-state index contributed by atoms with van der Waals surface area (Å²) < 4.78 is 12.8. The van der Waals surface area contributed by atoms with Crippen molar-refractivity contribution < 1.29 is 23.5 Å². The highest BCUT2D eigenvalue weighted by Gasteiger charge is 2.61. The fourth-order valence-corrected chi connectivity index (χ4v) is 8.42. The molecule has 7 atom stereocenters. The maximum absolute atomic E-state index is 12.9. The molecule has 4 unspecified atom stereocenters. The molecule has 0 spiro atoms. The number of benzene rings is 1. The van der Waals surface area contributed by atoms with Crippen LogP contribution in [0.25, 0.3) is 0 Å². The minimum absolute atomic E-state index is 0.00945. The van der Waals surface area contributed by atoms with Crippen molar-refractivity contribution in [1.29, 1.82) is 0 Å². The van der Waals surface area contributed by atoms with Gasteiger partial charge in [0.2, 0.25) is 17.7 Å². The summed E-state index contributed by atoms with van der Waals surface area (Å²) in [5, 5.41) is 6.58. The number of anilines is 1. The van der Waals surface area contributed by atoms with Crippen molar-refractivity contribution in [3.05, 3.63) is 29.3 Å². The van der Waals surface area contributed by atoms with Gasteiger partial charge in [0.1, 0.15) is 6.54 Å². The van der Waals surface area contributed by atoms with Gasteiger partial charge in [-0.1, -0.05) is 19.9 Å². The minimum Gasteiger partial charge on any atom is -0.410 e. The fourth-order valence-electron chi connectivity index (χ4n) is 7.13. The Hall–Kier alpha value is -2.23. The molecular weight excluding hydrogens is 486 g/mol. The first-order chi connectivity index (χ1) is 17.6. The van der Waals surface area contributed by atoms with E-state index in [1.807, 2.05) is 6.07 Å². The van der Waals surface area contributed by atoms with Crippen LogP contribution in [0.1, 0.15) is 56.8 Å². The molecule has 37 heavy (non-hydrogen) atoms. The van der Waals surface area contributed by atoms with E-state index in [1.165, 1.54) is 4.90 Å². The molecule has 2 N–H and O–H groups in total. The van der Waals surface area contributed by atoms with Gasteiger partial charge < -0.3 is 19.8 Å². The lowest BCUT2D eigenvalue weighted by Crippen LogP contribution is -2.52. The molecule has 3 aliphatic heterocycles. The van der Waals surface area contributed by atoms with E-state index < -0.39 is 8.32 Å². The van der Waals surface area contributed by atoms with Gasteiger partial charge in [-0.15, -0.1) is 0 Å². The second-order valence-corrected chi connectivity index (χ2v) is 17.2. The van der Waals surface area contributed by atoms with E-state index in [-0.39, 0.29) is 54.4 Å². The van der Waals surface area contributed by atoms with E-state index in [4.69, 9.17) is 9.16 Å². The van der Waals surface area contributed by atoms with Crippen molar-refractivity contribution in [2.75, 3.05) is 18.5 Å². The zero-order valence-electron chi connectivity index (χ0n) is 22.3. The number of carbonyl (C=O) groups is 3. The van der Waals surface area contributed by atoms with Crippen molar-refractivity contribution >= 4 is 31.7 Å². The Morgan fingerprint density at radius 1 is 1.16 bits per heavy atom. The molecule has 6 rings (SSSR count). The van der Waals surface area contributed by atoms with Crippen LogP contribution in [-0.4, -0.2) is 56.2 Å². The second kappa shape index (κ2) is 9.20. The van der Waals surface area contributed by atoms with Gasteiger partial charge in [-0.2, -0.15) is 0 Å². The third-order valence-corrected chi connectivity index (χ3v) is 13.5. The van der Waals surface area contributed by atoms with Crippen LogP contribution in [0.15, 0.2) is 18.2 Å².